The first-order chi connectivity index (χ1) is 11.6. The monoisotopic (exact) mass is 358 g/mol. The molecule has 8 nitrogen and oxygen atoms in total. The van der Waals surface area contributed by atoms with E-state index in [0.29, 0.717) is 29.4 Å². The van der Waals surface area contributed by atoms with Crippen molar-refractivity contribution in [2.45, 2.75) is 44.9 Å². The van der Waals surface area contributed by atoms with Gasteiger partial charge in [0.2, 0.25) is 0 Å². The van der Waals surface area contributed by atoms with Gasteiger partial charge in [-0.2, -0.15) is 13.2 Å². The highest BCUT2D eigenvalue weighted by Crippen LogP contribution is 2.29. The number of fused-ring (bicyclic) bond motifs is 1. The Morgan fingerprint density at radius 2 is 2.00 bits per heavy atom. The molecule has 0 bridgehead atoms. The molecule has 0 unspecified atom stereocenters. The number of aromatic amines is 1. The number of H-pyrrole nitrogens is 1. The van der Waals surface area contributed by atoms with Crippen LogP contribution in [0.3, 0.4) is 0 Å². The van der Waals surface area contributed by atoms with Crippen LogP contribution in [0.25, 0.3) is 11.2 Å². The van der Waals surface area contributed by atoms with E-state index in [4.69, 9.17) is 0 Å². The molecule has 1 aliphatic rings. The minimum Gasteiger partial charge on any atom is -0.454 e. The van der Waals surface area contributed by atoms with E-state index in [1.165, 1.54) is 0 Å². The van der Waals surface area contributed by atoms with Gasteiger partial charge in [0, 0.05) is 18.4 Å². The summed E-state index contributed by atoms with van der Waals surface area (Å²) in [6.45, 7) is 6.32. The lowest BCUT2D eigenvalue weighted by Gasteiger charge is -2.22. The molecule has 0 amide bonds. The first-order valence-electron chi connectivity index (χ1n) is 7.68. The number of alkyl halides is 3. The highest BCUT2D eigenvalue weighted by Gasteiger charge is 2.43. The predicted octanol–water partition coefficient (Wildman–Crippen LogP) is 1.73. The van der Waals surface area contributed by atoms with Crippen LogP contribution in [-0.2, 0) is 14.9 Å². The molecule has 1 N–H and O–H groups in total. The SMILES string of the molecule is CC(C)(C)c1nc(N2CC[C@H](OC(=O)C(F)(F)F)C2)c2nn[nH]c2n1. The second kappa shape index (κ2) is 5.81. The van der Waals surface area contributed by atoms with Crippen molar-refractivity contribution in [1.82, 2.24) is 25.4 Å². The third-order valence-corrected chi connectivity index (χ3v) is 3.79. The van der Waals surface area contributed by atoms with Crippen molar-refractivity contribution in [3.63, 3.8) is 0 Å². The molecular weight excluding hydrogens is 341 g/mol. The molecular formula is C14H17F3N6O2. The summed E-state index contributed by atoms with van der Waals surface area (Å²) < 4.78 is 41.6. The van der Waals surface area contributed by atoms with Crippen LogP contribution in [0.5, 0.6) is 0 Å². The smallest absolute Gasteiger partial charge is 0.454 e. The van der Waals surface area contributed by atoms with Gasteiger partial charge in [0.05, 0.1) is 6.54 Å². The maximum absolute atomic E-state index is 12.3. The molecule has 0 spiro atoms. The number of carbonyl (C=O) groups is 1. The van der Waals surface area contributed by atoms with E-state index >= 15 is 0 Å². The number of aromatic nitrogens is 5. The van der Waals surface area contributed by atoms with E-state index in [1.807, 2.05) is 20.8 Å². The van der Waals surface area contributed by atoms with Crippen LogP contribution in [0.15, 0.2) is 0 Å². The lowest BCUT2D eigenvalue weighted by molar-refractivity contribution is -0.203. The lowest BCUT2D eigenvalue weighted by Crippen LogP contribution is -2.32. The zero-order chi connectivity index (χ0) is 18.4. The van der Waals surface area contributed by atoms with Gasteiger partial charge in [0.1, 0.15) is 11.9 Å². The molecule has 0 aromatic carbocycles. The summed E-state index contributed by atoms with van der Waals surface area (Å²) in [7, 11) is 0. The fourth-order valence-electron chi connectivity index (χ4n) is 2.53. The molecule has 3 heterocycles. The third kappa shape index (κ3) is 3.49. The maximum Gasteiger partial charge on any atom is 0.490 e. The summed E-state index contributed by atoms with van der Waals surface area (Å²) in [4.78, 5) is 21.6. The van der Waals surface area contributed by atoms with Crippen molar-refractivity contribution < 1.29 is 22.7 Å². The first kappa shape index (κ1) is 17.4. The normalized spacial score (nSPS) is 18.8. The Hall–Kier alpha value is -2.46. The number of anilines is 1. The number of rotatable bonds is 2. The maximum atomic E-state index is 12.3. The van der Waals surface area contributed by atoms with Gasteiger partial charge < -0.3 is 9.64 Å². The number of nitrogens with zero attached hydrogens (tertiary/aromatic N) is 5. The molecule has 25 heavy (non-hydrogen) atoms. The van der Waals surface area contributed by atoms with Gasteiger partial charge >= 0.3 is 12.1 Å². The van der Waals surface area contributed by atoms with E-state index in [-0.39, 0.29) is 18.4 Å². The second-order valence-corrected chi connectivity index (χ2v) is 6.89. The summed E-state index contributed by atoms with van der Waals surface area (Å²) in [6.07, 6.45) is -5.58. The number of halogens is 3. The summed E-state index contributed by atoms with van der Waals surface area (Å²) in [5.41, 5.74) is 0.539. The van der Waals surface area contributed by atoms with E-state index in [2.05, 4.69) is 30.1 Å². The van der Waals surface area contributed by atoms with Gasteiger partial charge in [0.25, 0.3) is 0 Å². The second-order valence-electron chi connectivity index (χ2n) is 6.89. The fraction of sp³-hybridized carbons (Fsp3) is 0.643. The largest absolute Gasteiger partial charge is 0.490 e. The topological polar surface area (TPSA) is 96.9 Å². The predicted molar refractivity (Wildman–Crippen MR) is 80.9 cm³/mol. The quantitative estimate of drug-likeness (QED) is 0.817. The van der Waals surface area contributed by atoms with Crippen LogP contribution in [-0.4, -0.2) is 56.7 Å². The zero-order valence-electron chi connectivity index (χ0n) is 13.9. The molecule has 0 saturated carbocycles. The minimum atomic E-state index is -5.00. The summed E-state index contributed by atoms with van der Waals surface area (Å²) in [5.74, 6) is -1.16. The van der Waals surface area contributed by atoms with Crippen molar-refractivity contribution in [2.24, 2.45) is 0 Å². The van der Waals surface area contributed by atoms with Crippen LogP contribution in [0.4, 0.5) is 19.0 Å². The molecule has 0 radical (unpaired) electrons. The minimum absolute atomic E-state index is 0.102. The number of hydrogen-bond acceptors (Lipinski definition) is 7. The average Bonchev–Trinajstić information content (AvgIpc) is 3.12. The molecule has 11 heteroatoms. The Morgan fingerprint density at radius 1 is 1.28 bits per heavy atom. The molecule has 3 rings (SSSR count). The molecule has 2 aromatic heterocycles. The Kier molecular flexibility index (Phi) is 4.04. The van der Waals surface area contributed by atoms with Crippen molar-refractivity contribution >= 4 is 23.0 Å². The average molecular weight is 358 g/mol. The standard InChI is InChI=1S/C14H17F3N6O2/c1-13(2,3)11-18-9-8(20-22-21-9)10(19-11)23-5-4-7(6-23)25-12(24)14(15,16)17/h7H,4-6H2,1-3H3,(H,18,19,20,21,22)/t7-/m0/s1. The Balaban J connectivity index is 1.85. The highest BCUT2D eigenvalue weighted by atomic mass is 19.4. The molecule has 0 aliphatic carbocycles. The zero-order valence-corrected chi connectivity index (χ0v) is 13.9. The molecule has 136 valence electrons. The highest BCUT2D eigenvalue weighted by molar-refractivity contribution is 5.82. The van der Waals surface area contributed by atoms with E-state index in [0.717, 1.165) is 0 Å². The summed E-state index contributed by atoms with van der Waals surface area (Å²) >= 11 is 0. The van der Waals surface area contributed by atoms with E-state index < -0.39 is 18.2 Å². The van der Waals surface area contributed by atoms with Crippen LogP contribution in [0.2, 0.25) is 0 Å². The Bertz CT molecular complexity index is 798. The van der Waals surface area contributed by atoms with Crippen LogP contribution in [0, 0.1) is 0 Å². The Morgan fingerprint density at radius 3 is 2.64 bits per heavy atom. The van der Waals surface area contributed by atoms with Gasteiger partial charge in [-0.3, -0.25) is 0 Å². The van der Waals surface area contributed by atoms with Crippen molar-refractivity contribution in [3.8, 4) is 0 Å². The molecule has 1 fully saturated rings. The van der Waals surface area contributed by atoms with Gasteiger partial charge in [0.15, 0.2) is 17.0 Å². The van der Waals surface area contributed by atoms with Gasteiger partial charge in [-0.1, -0.05) is 26.0 Å². The molecule has 1 saturated heterocycles. The third-order valence-electron chi connectivity index (χ3n) is 3.79. The van der Waals surface area contributed by atoms with Crippen molar-refractivity contribution in [2.75, 3.05) is 18.0 Å². The fourth-order valence-corrected chi connectivity index (χ4v) is 2.53. The number of hydrogen-bond donors (Lipinski definition) is 1. The summed E-state index contributed by atoms with van der Waals surface area (Å²) in [5, 5.41) is 10.4. The van der Waals surface area contributed by atoms with Crippen molar-refractivity contribution in [1.29, 1.82) is 0 Å². The molecule has 1 aliphatic heterocycles. The van der Waals surface area contributed by atoms with Gasteiger partial charge in [-0.05, 0) is 0 Å². The lowest BCUT2D eigenvalue weighted by atomic mass is 9.96. The van der Waals surface area contributed by atoms with Crippen LogP contribution < -0.4 is 4.90 Å². The number of esters is 1. The summed E-state index contributed by atoms with van der Waals surface area (Å²) in [6, 6.07) is 0. The van der Waals surface area contributed by atoms with Gasteiger partial charge in [-0.25, -0.2) is 19.9 Å². The van der Waals surface area contributed by atoms with Crippen molar-refractivity contribution in [3.05, 3.63) is 5.82 Å². The number of nitrogens with one attached hydrogen (secondary N) is 1. The van der Waals surface area contributed by atoms with E-state index in [1.54, 1.807) is 4.90 Å². The number of ether oxygens (including phenoxy) is 1. The van der Waals surface area contributed by atoms with Crippen LogP contribution in [0.1, 0.15) is 33.0 Å². The van der Waals surface area contributed by atoms with Gasteiger partial charge in [-0.15, -0.1) is 5.10 Å². The Labute approximate surface area is 140 Å². The molecule has 2 aromatic rings. The van der Waals surface area contributed by atoms with Crippen LogP contribution >= 0.6 is 0 Å². The molecule has 1 atom stereocenters. The van der Waals surface area contributed by atoms with E-state index in [9.17, 15) is 18.0 Å². The first-order valence-corrected chi connectivity index (χ1v) is 7.68. The number of carbonyl (C=O) groups excluding carboxylic acids is 1.